The van der Waals surface area contributed by atoms with Crippen molar-refractivity contribution in [1.29, 1.82) is 0 Å². The quantitative estimate of drug-likeness (QED) is 0.645. The second-order valence-corrected chi connectivity index (χ2v) is 5.21. The minimum absolute atomic E-state index is 0.125. The summed E-state index contributed by atoms with van der Waals surface area (Å²) in [7, 11) is 0. The van der Waals surface area contributed by atoms with Gasteiger partial charge in [-0.3, -0.25) is 10.1 Å². The van der Waals surface area contributed by atoms with Crippen molar-refractivity contribution in [3.05, 3.63) is 33.9 Å². The number of hydrogen-bond acceptors (Lipinski definition) is 4. The van der Waals surface area contributed by atoms with E-state index in [1.165, 1.54) is 6.07 Å². The van der Waals surface area contributed by atoms with Crippen LogP contribution in [0.4, 0.5) is 11.4 Å². The van der Waals surface area contributed by atoms with E-state index < -0.39 is 5.60 Å². The van der Waals surface area contributed by atoms with Crippen LogP contribution in [0.5, 0.6) is 0 Å². The van der Waals surface area contributed by atoms with Crippen LogP contribution in [0, 0.1) is 17.0 Å². The standard InChI is InChI=1S/C13H18N2O3/c1-10-9-11(15(17)18)3-4-12(10)14-7-5-13(2,16)6-8-14/h3-4,9,16H,5-8H2,1-2H3. The predicted octanol–water partition coefficient (Wildman–Crippen LogP) is 2.25. The summed E-state index contributed by atoms with van der Waals surface area (Å²) in [6.07, 6.45) is 1.45. The number of nitro groups is 1. The molecule has 1 fully saturated rings. The fraction of sp³-hybridized carbons (Fsp3) is 0.538. The number of non-ortho nitro benzene ring substituents is 1. The Bertz CT molecular complexity index is 461. The van der Waals surface area contributed by atoms with E-state index in [2.05, 4.69) is 4.90 Å². The minimum atomic E-state index is -0.578. The van der Waals surface area contributed by atoms with E-state index >= 15 is 0 Å². The number of aryl methyl sites for hydroxylation is 1. The van der Waals surface area contributed by atoms with Gasteiger partial charge in [0.25, 0.3) is 5.69 Å². The van der Waals surface area contributed by atoms with Crippen LogP contribution in [0.2, 0.25) is 0 Å². The molecule has 5 heteroatoms. The number of aliphatic hydroxyl groups is 1. The van der Waals surface area contributed by atoms with E-state index in [0.717, 1.165) is 37.2 Å². The van der Waals surface area contributed by atoms with E-state index in [0.29, 0.717) is 0 Å². The fourth-order valence-electron chi connectivity index (χ4n) is 2.34. The molecule has 1 aliphatic rings. The first-order valence-corrected chi connectivity index (χ1v) is 6.11. The summed E-state index contributed by atoms with van der Waals surface area (Å²) in [6.45, 7) is 5.30. The summed E-state index contributed by atoms with van der Waals surface area (Å²) in [4.78, 5) is 12.5. The average molecular weight is 250 g/mol. The van der Waals surface area contributed by atoms with Gasteiger partial charge < -0.3 is 10.0 Å². The van der Waals surface area contributed by atoms with Gasteiger partial charge in [-0.15, -0.1) is 0 Å². The highest BCUT2D eigenvalue weighted by molar-refractivity contribution is 5.57. The topological polar surface area (TPSA) is 66.6 Å². The van der Waals surface area contributed by atoms with Crippen LogP contribution < -0.4 is 4.90 Å². The van der Waals surface area contributed by atoms with Crippen molar-refractivity contribution in [3.63, 3.8) is 0 Å². The Labute approximate surface area is 106 Å². The molecule has 0 radical (unpaired) electrons. The van der Waals surface area contributed by atoms with Gasteiger partial charge in [0.2, 0.25) is 0 Å². The highest BCUT2D eigenvalue weighted by Crippen LogP contribution is 2.29. The second-order valence-electron chi connectivity index (χ2n) is 5.21. The molecule has 2 rings (SSSR count). The second kappa shape index (κ2) is 4.57. The first kappa shape index (κ1) is 12.8. The molecule has 1 heterocycles. The molecule has 0 amide bonds. The summed E-state index contributed by atoms with van der Waals surface area (Å²) in [5.74, 6) is 0. The van der Waals surface area contributed by atoms with Crippen LogP contribution in [-0.4, -0.2) is 28.7 Å². The van der Waals surface area contributed by atoms with E-state index in [9.17, 15) is 15.2 Å². The van der Waals surface area contributed by atoms with Crippen LogP contribution in [0.25, 0.3) is 0 Å². The van der Waals surface area contributed by atoms with Crippen molar-refractivity contribution >= 4 is 11.4 Å². The molecule has 0 saturated carbocycles. The Balaban J connectivity index is 2.17. The maximum atomic E-state index is 10.7. The highest BCUT2D eigenvalue weighted by atomic mass is 16.6. The summed E-state index contributed by atoms with van der Waals surface area (Å²) in [5, 5.41) is 20.6. The molecule has 18 heavy (non-hydrogen) atoms. The third-order valence-electron chi connectivity index (χ3n) is 3.57. The molecule has 0 bridgehead atoms. The highest BCUT2D eigenvalue weighted by Gasteiger charge is 2.28. The molecule has 1 saturated heterocycles. The number of benzene rings is 1. The summed E-state index contributed by atoms with van der Waals surface area (Å²) < 4.78 is 0. The average Bonchev–Trinajstić information content (AvgIpc) is 2.29. The van der Waals surface area contributed by atoms with Gasteiger partial charge in [-0.25, -0.2) is 0 Å². The van der Waals surface area contributed by atoms with Crippen molar-refractivity contribution in [3.8, 4) is 0 Å². The third-order valence-corrected chi connectivity index (χ3v) is 3.57. The molecule has 0 atom stereocenters. The first-order chi connectivity index (χ1) is 8.39. The van der Waals surface area contributed by atoms with Crippen LogP contribution in [-0.2, 0) is 0 Å². The van der Waals surface area contributed by atoms with Crippen LogP contribution in [0.15, 0.2) is 18.2 Å². The molecular weight excluding hydrogens is 232 g/mol. The number of nitro benzene ring substituents is 1. The van der Waals surface area contributed by atoms with Gasteiger partial charge >= 0.3 is 0 Å². The van der Waals surface area contributed by atoms with Gasteiger partial charge in [-0.2, -0.15) is 0 Å². The molecule has 1 N–H and O–H groups in total. The number of nitrogens with zero attached hydrogens (tertiary/aromatic N) is 2. The fourth-order valence-corrected chi connectivity index (χ4v) is 2.34. The molecule has 98 valence electrons. The summed E-state index contributed by atoms with van der Waals surface area (Å²) >= 11 is 0. The van der Waals surface area contributed by atoms with E-state index in [4.69, 9.17) is 0 Å². The Morgan fingerprint density at radius 2 is 2.00 bits per heavy atom. The predicted molar refractivity (Wildman–Crippen MR) is 69.9 cm³/mol. The SMILES string of the molecule is Cc1cc([N+](=O)[O-])ccc1N1CCC(C)(O)CC1. The lowest BCUT2D eigenvalue weighted by atomic mass is 9.93. The normalized spacial score (nSPS) is 18.7. The zero-order chi connectivity index (χ0) is 13.3. The number of anilines is 1. The van der Waals surface area contributed by atoms with Gasteiger partial charge in [0.1, 0.15) is 0 Å². The summed E-state index contributed by atoms with van der Waals surface area (Å²) in [5.41, 5.74) is 1.48. The number of rotatable bonds is 2. The molecule has 1 aliphatic heterocycles. The first-order valence-electron chi connectivity index (χ1n) is 6.11. The molecule has 5 nitrogen and oxygen atoms in total. The Hall–Kier alpha value is -1.62. The lowest BCUT2D eigenvalue weighted by Gasteiger charge is -2.37. The van der Waals surface area contributed by atoms with Crippen molar-refractivity contribution in [2.45, 2.75) is 32.3 Å². The zero-order valence-corrected chi connectivity index (χ0v) is 10.7. The smallest absolute Gasteiger partial charge is 0.269 e. The van der Waals surface area contributed by atoms with Gasteiger partial charge in [0.15, 0.2) is 0 Å². The molecule has 0 spiro atoms. The molecule has 0 aliphatic carbocycles. The molecule has 1 aromatic rings. The molecule has 0 unspecified atom stereocenters. The van der Waals surface area contributed by atoms with Gasteiger partial charge in [-0.1, -0.05) is 0 Å². The Morgan fingerprint density at radius 3 is 2.50 bits per heavy atom. The Morgan fingerprint density at radius 1 is 1.39 bits per heavy atom. The largest absolute Gasteiger partial charge is 0.390 e. The van der Waals surface area contributed by atoms with E-state index in [1.54, 1.807) is 12.1 Å². The van der Waals surface area contributed by atoms with Crippen molar-refractivity contribution < 1.29 is 10.0 Å². The van der Waals surface area contributed by atoms with Gasteiger partial charge in [0.05, 0.1) is 10.5 Å². The number of hydrogen-bond donors (Lipinski definition) is 1. The van der Waals surface area contributed by atoms with Crippen LogP contribution >= 0.6 is 0 Å². The van der Waals surface area contributed by atoms with Crippen molar-refractivity contribution in [2.75, 3.05) is 18.0 Å². The molecule has 1 aromatic carbocycles. The maximum Gasteiger partial charge on any atom is 0.269 e. The van der Waals surface area contributed by atoms with Gasteiger partial charge in [-0.05, 0) is 38.3 Å². The van der Waals surface area contributed by atoms with E-state index in [-0.39, 0.29) is 10.6 Å². The summed E-state index contributed by atoms with van der Waals surface area (Å²) in [6, 6.07) is 4.94. The molecule has 0 aromatic heterocycles. The maximum absolute atomic E-state index is 10.7. The van der Waals surface area contributed by atoms with Gasteiger partial charge in [0, 0.05) is 30.9 Å². The van der Waals surface area contributed by atoms with Crippen LogP contribution in [0.3, 0.4) is 0 Å². The van der Waals surface area contributed by atoms with E-state index in [1.807, 2.05) is 13.8 Å². The van der Waals surface area contributed by atoms with Crippen molar-refractivity contribution in [2.24, 2.45) is 0 Å². The minimum Gasteiger partial charge on any atom is -0.390 e. The van der Waals surface area contributed by atoms with Crippen molar-refractivity contribution in [1.82, 2.24) is 0 Å². The van der Waals surface area contributed by atoms with Crippen LogP contribution in [0.1, 0.15) is 25.3 Å². The molecular formula is C13H18N2O3. The lowest BCUT2D eigenvalue weighted by molar-refractivity contribution is -0.384. The number of piperidine rings is 1. The zero-order valence-electron chi connectivity index (χ0n) is 10.7. The Kier molecular flexibility index (Phi) is 3.26. The monoisotopic (exact) mass is 250 g/mol. The third kappa shape index (κ3) is 2.61. The lowest BCUT2D eigenvalue weighted by Crippen LogP contribution is -2.42.